The zero-order chi connectivity index (χ0) is 16.0. The Morgan fingerprint density at radius 3 is 2.81 bits per heavy atom. The summed E-state index contributed by atoms with van der Waals surface area (Å²) in [7, 11) is 1.44. The number of hydrogen-bond donors (Lipinski definition) is 2. The van der Waals surface area contributed by atoms with Crippen molar-refractivity contribution >= 4 is 34.6 Å². The fraction of sp³-hybridized carbons (Fsp3) is 0.333. The van der Waals surface area contributed by atoms with Gasteiger partial charge in [0.2, 0.25) is 0 Å². The molecule has 0 heterocycles. The summed E-state index contributed by atoms with van der Waals surface area (Å²) in [6, 6.07) is 5.15. The van der Waals surface area contributed by atoms with Crippen molar-refractivity contribution in [3.63, 3.8) is 0 Å². The van der Waals surface area contributed by atoms with Gasteiger partial charge in [0.1, 0.15) is 11.6 Å². The summed E-state index contributed by atoms with van der Waals surface area (Å²) in [5.41, 5.74) is 0.628. The number of hydrogen-bond acceptors (Lipinski definition) is 4. The van der Waals surface area contributed by atoms with Crippen LogP contribution in [0, 0.1) is 14.9 Å². The van der Waals surface area contributed by atoms with E-state index in [1.165, 1.54) is 13.2 Å². The van der Waals surface area contributed by atoms with Crippen molar-refractivity contribution in [2.24, 2.45) is 0 Å². The summed E-state index contributed by atoms with van der Waals surface area (Å²) in [6.45, 7) is 3.83. The molecule has 6 heteroatoms. The number of carbonyl (C=O) groups excluding carboxylic acids is 1. The average Bonchev–Trinajstić information content (AvgIpc) is 2.47. The van der Waals surface area contributed by atoms with Gasteiger partial charge in [0.15, 0.2) is 11.5 Å². The second kappa shape index (κ2) is 7.88. The van der Waals surface area contributed by atoms with Gasteiger partial charge in [-0.25, -0.2) is 0 Å². The number of nitrogens with one attached hydrogen (secondary N) is 1. The van der Waals surface area contributed by atoms with Crippen LogP contribution in [0.1, 0.15) is 25.8 Å². The van der Waals surface area contributed by atoms with Gasteiger partial charge in [-0.15, -0.1) is 0 Å². The first-order valence-corrected chi connectivity index (χ1v) is 7.49. The second-order valence-corrected chi connectivity index (χ2v) is 5.67. The predicted octanol–water partition coefficient (Wildman–Crippen LogP) is 2.83. The first-order chi connectivity index (χ1) is 9.92. The Labute approximate surface area is 137 Å². The van der Waals surface area contributed by atoms with Crippen LogP contribution in [0.3, 0.4) is 0 Å². The normalized spacial score (nSPS) is 12.4. The first-order valence-electron chi connectivity index (χ1n) is 6.42. The second-order valence-electron chi connectivity index (χ2n) is 4.51. The van der Waals surface area contributed by atoms with Gasteiger partial charge in [-0.1, -0.05) is 6.92 Å². The molecule has 1 atom stereocenters. The number of aromatic hydroxyl groups is 1. The third-order valence-corrected chi connectivity index (χ3v) is 3.76. The van der Waals surface area contributed by atoms with E-state index >= 15 is 0 Å². The Bertz CT molecular complexity index is 606. The molecule has 0 saturated heterocycles. The van der Waals surface area contributed by atoms with Crippen LogP contribution < -0.4 is 10.1 Å². The van der Waals surface area contributed by atoms with Crippen LogP contribution in [0.4, 0.5) is 0 Å². The van der Waals surface area contributed by atoms with Gasteiger partial charge >= 0.3 is 0 Å². The number of rotatable bonds is 5. The van der Waals surface area contributed by atoms with Crippen molar-refractivity contribution in [2.75, 3.05) is 7.11 Å². The van der Waals surface area contributed by atoms with E-state index in [0.717, 1.165) is 6.42 Å². The lowest BCUT2D eigenvalue weighted by Crippen LogP contribution is -2.32. The molecule has 0 saturated carbocycles. The smallest absolute Gasteiger partial charge is 0.262 e. The molecular formula is C15H17IN2O3. The van der Waals surface area contributed by atoms with Gasteiger partial charge in [0, 0.05) is 6.04 Å². The van der Waals surface area contributed by atoms with Crippen molar-refractivity contribution in [1.82, 2.24) is 5.32 Å². The monoisotopic (exact) mass is 400 g/mol. The standard InChI is InChI=1S/C15H17IN2O3/c1-4-9(2)18-15(20)11(8-17)5-10-6-12(16)14(19)13(7-10)21-3/h5-7,9,19H,4H2,1-3H3,(H,18,20)/b11-5+/t9-/m1/s1. The van der Waals surface area contributed by atoms with E-state index in [-0.39, 0.29) is 17.4 Å². The van der Waals surface area contributed by atoms with Crippen molar-refractivity contribution in [3.05, 3.63) is 26.8 Å². The maximum Gasteiger partial charge on any atom is 0.262 e. The molecule has 0 aliphatic heterocycles. The zero-order valence-corrected chi connectivity index (χ0v) is 14.3. The number of amides is 1. The molecule has 1 aromatic carbocycles. The van der Waals surface area contributed by atoms with E-state index in [9.17, 15) is 9.90 Å². The SMILES string of the molecule is CC[C@@H](C)NC(=O)/C(C#N)=C/c1cc(I)c(O)c(OC)c1. The molecule has 112 valence electrons. The maximum absolute atomic E-state index is 12.0. The van der Waals surface area contributed by atoms with Crippen LogP contribution in [0.25, 0.3) is 6.08 Å². The molecule has 0 aromatic heterocycles. The molecule has 1 rings (SSSR count). The fourth-order valence-corrected chi connectivity index (χ4v) is 2.18. The Morgan fingerprint density at radius 2 is 2.29 bits per heavy atom. The predicted molar refractivity (Wildman–Crippen MR) is 88.9 cm³/mol. The van der Waals surface area contributed by atoms with E-state index in [0.29, 0.717) is 14.9 Å². The molecule has 2 N–H and O–H groups in total. The number of phenolic OH excluding ortho intramolecular Hbond substituents is 1. The van der Waals surface area contributed by atoms with Crippen LogP contribution >= 0.6 is 22.6 Å². The Hall–Kier alpha value is -1.75. The lowest BCUT2D eigenvalue weighted by atomic mass is 10.1. The summed E-state index contributed by atoms with van der Waals surface area (Å²) >= 11 is 1.96. The van der Waals surface area contributed by atoms with Gasteiger partial charge < -0.3 is 15.2 Å². The van der Waals surface area contributed by atoms with Gasteiger partial charge in [0.05, 0.1) is 10.7 Å². The third kappa shape index (κ3) is 4.63. The molecule has 0 aliphatic rings. The highest BCUT2D eigenvalue weighted by Crippen LogP contribution is 2.33. The van der Waals surface area contributed by atoms with Crippen LogP contribution in [-0.4, -0.2) is 24.2 Å². The Kier molecular flexibility index (Phi) is 6.49. The number of phenols is 1. The Morgan fingerprint density at radius 1 is 1.62 bits per heavy atom. The first kappa shape index (κ1) is 17.3. The minimum absolute atomic E-state index is 0.00346. The highest BCUT2D eigenvalue weighted by atomic mass is 127. The zero-order valence-electron chi connectivity index (χ0n) is 12.1. The van der Waals surface area contributed by atoms with Crippen LogP contribution in [0.15, 0.2) is 17.7 Å². The summed E-state index contributed by atoms with van der Waals surface area (Å²) in [5.74, 6) is -0.0699. The molecule has 0 radical (unpaired) electrons. The molecule has 1 aromatic rings. The molecule has 5 nitrogen and oxygen atoms in total. The molecule has 0 bridgehead atoms. The molecule has 0 unspecified atom stereocenters. The van der Waals surface area contributed by atoms with Gasteiger partial charge in [0.25, 0.3) is 5.91 Å². The van der Waals surface area contributed by atoms with Gasteiger partial charge in [-0.2, -0.15) is 5.26 Å². The number of ether oxygens (including phenoxy) is 1. The summed E-state index contributed by atoms with van der Waals surface area (Å²) in [5, 5.41) is 21.7. The number of nitriles is 1. The summed E-state index contributed by atoms with van der Waals surface area (Å²) < 4.78 is 5.64. The van der Waals surface area contributed by atoms with Crippen LogP contribution in [0.5, 0.6) is 11.5 Å². The van der Waals surface area contributed by atoms with Crippen molar-refractivity contribution in [2.45, 2.75) is 26.3 Å². The van der Waals surface area contributed by atoms with E-state index < -0.39 is 5.91 Å². The van der Waals surface area contributed by atoms with Crippen molar-refractivity contribution < 1.29 is 14.6 Å². The summed E-state index contributed by atoms with van der Waals surface area (Å²) in [6.07, 6.45) is 2.26. The van der Waals surface area contributed by atoms with Gasteiger partial charge in [-0.05, 0) is 59.7 Å². The Balaban J connectivity index is 3.12. The largest absolute Gasteiger partial charge is 0.504 e. The van der Waals surface area contributed by atoms with Crippen molar-refractivity contribution in [3.8, 4) is 17.6 Å². The highest BCUT2D eigenvalue weighted by molar-refractivity contribution is 14.1. The maximum atomic E-state index is 12.0. The van der Waals surface area contributed by atoms with Gasteiger partial charge in [-0.3, -0.25) is 4.79 Å². The highest BCUT2D eigenvalue weighted by Gasteiger charge is 2.13. The molecule has 21 heavy (non-hydrogen) atoms. The summed E-state index contributed by atoms with van der Waals surface area (Å²) in [4.78, 5) is 12.0. The number of halogens is 1. The minimum atomic E-state index is -0.408. The fourth-order valence-electron chi connectivity index (χ4n) is 1.55. The third-order valence-electron chi connectivity index (χ3n) is 2.94. The van der Waals surface area contributed by atoms with E-state index in [2.05, 4.69) is 5.32 Å². The number of carbonyl (C=O) groups is 1. The topological polar surface area (TPSA) is 82.4 Å². The van der Waals surface area contributed by atoms with Crippen LogP contribution in [0.2, 0.25) is 0 Å². The number of methoxy groups -OCH3 is 1. The van der Waals surface area contributed by atoms with Crippen LogP contribution in [-0.2, 0) is 4.79 Å². The quantitative estimate of drug-likeness (QED) is 0.453. The molecule has 0 spiro atoms. The van der Waals surface area contributed by atoms with E-state index in [1.54, 1.807) is 12.1 Å². The lowest BCUT2D eigenvalue weighted by molar-refractivity contribution is -0.117. The molecule has 0 aliphatic carbocycles. The van der Waals surface area contributed by atoms with E-state index in [4.69, 9.17) is 10.00 Å². The molecule has 1 amide bonds. The molecular weight excluding hydrogens is 383 g/mol. The van der Waals surface area contributed by atoms with Crippen molar-refractivity contribution in [1.29, 1.82) is 5.26 Å². The van der Waals surface area contributed by atoms with E-state index in [1.807, 2.05) is 42.5 Å². The minimum Gasteiger partial charge on any atom is -0.504 e. The molecule has 0 fully saturated rings. The number of nitrogens with zero attached hydrogens (tertiary/aromatic N) is 1. The average molecular weight is 400 g/mol. The number of benzene rings is 1. The lowest BCUT2D eigenvalue weighted by Gasteiger charge is -2.11.